The van der Waals surface area contributed by atoms with Crippen LogP contribution < -0.4 is 0 Å². The van der Waals surface area contributed by atoms with Gasteiger partial charge < -0.3 is 29.3 Å². The van der Waals surface area contributed by atoms with Crippen LogP contribution in [0.5, 0.6) is 0 Å². The van der Waals surface area contributed by atoms with Crippen molar-refractivity contribution >= 4 is 39.6 Å². The fraction of sp³-hybridized carbons (Fsp3) is 0.611. The van der Waals surface area contributed by atoms with Crippen LogP contribution in [-0.2, 0) is 28.7 Å². The number of carbonyl (C=O) groups is 4. The van der Waals surface area contributed by atoms with Gasteiger partial charge >= 0.3 is 5.97 Å². The molecule has 10 nitrogen and oxygen atoms in total. The molecule has 0 radical (unpaired) electrons. The van der Waals surface area contributed by atoms with Gasteiger partial charge in [-0.3, -0.25) is 19.2 Å². The molecule has 47 heavy (non-hydrogen) atoms. The third-order valence-electron chi connectivity index (χ3n) is 10.1. The molecule has 0 aromatic heterocycles. The zero-order valence-electron chi connectivity index (χ0n) is 28.4. The number of carbonyl (C=O) groups excluding carboxylic acids is 4. The maximum Gasteiger partial charge on any atom is 0.313 e. The number of allylic oxidation sites excluding steroid dienone is 1. The van der Waals surface area contributed by atoms with Crippen molar-refractivity contribution in [1.82, 2.24) is 14.7 Å². The molecule has 5 rings (SSSR count). The third-order valence-corrected chi connectivity index (χ3v) is 10.8. The first-order chi connectivity index (χ1) is 22.1. The molecule has 1 aromatic carbocycles. The SMILES string of the molecule is CC(C)C[C@H](CO)N1C(=O)[C@@H]2[C@H]3C(=O)O[C@@H](c4ccccc4)[C@H](C)N(C)C(=O)CC/C=C\CN(C(C)(C)C)C(=O)[C@@H]1[C@]21C=C(Br)[C@H]3O1. The van der Waals surface area contributed by atoms with E-state index in [0.717, 1.165) is 0 Å². The molecule has 5 bridgehead atoms. The van der Waals surface area contributed by atoms with Crippen molar-refractivity contribution in [2.45, 2.75) is 102 Å². The molecule has 2 saturated heterocycles. The molecular formula is C36H48BrN3O7. The van der Waals surface area contributed by atoms with Crippen molar-refractivity contribution in [2.24, 2.45) is 17.8 Å². The molecular weight excluding hydrogens is 666 g/mol. The fourth-order valence-corrected chi connectivity index (χ4v) is 8.40. The second kappa shape index (κ2) is 13.5. The van der Waals surface area contributed by atoms with E-state index in [0.29, 0.717) is 22.9 Å². The van der Waals surface area contributed by atoms with E-state index >= 15 is 0 Å². The molecule has 256 valence electrons. The molecule has 0 unspecified atom stereocenters. The number of hydrogen-bond acceptors (Lipinski definition) is 7. The summed E-state index contributed by atoms with van der Waals surface area (Å²) < 4.78 is 13.6. The molecule has 0 aliphatic carbocycles. The van der Waals surface area contributed by atoms with Gasteiger partial charge in [-0.05, 0) is 58.1 Å². The first kappa shape index (κ1) is 35.3. The minimum Gasteiger partial charge on any atom is -0.455 e. The second-order valence-corrected chi connectivity index (χ2v) is 15.6. The lowest BCUT2D eigenvalue weighted by Gasteiger charge is -2.43. The maximum atomic E-state index is 14.9. The van der Waals surface area contributed by atoms with Crippen molar-refractivity contribution in [3.8, 4) is 0 Å². The Bertz CT molecular complexity index is 1440. The maximum absolute atomic E-state index is 14.9. The topological polar surface area (TPSA) is 117 Å². The number of halogens is 1. The molecule has 2 fully saturated rings. The van der Waals surface area contributed by atoms with Gasteiger partial charge in [0.15, 0.2) is 0 Å². The number of cyclic esters (lactones) is 1. The van der Waals surface area contributed by atoms with Gasteiger partial charge in [0, 0.05) is 30.0 Å². The summed E-state index contributed by atoms with van der Waals surface area (Å²) in [5.74, 6) is -3.47. The zero-order chi connectivity index (χ0) is 34.4. The molecule has 4 aliphatic heterocycles. The average molecular weight is 715 g/mol. The van der Waals surface area contributed by atoms with Crippen LogP contribution >= 0.6 is 15.9 Å². The largest absolute Gasteiger partial charge is 0.455 e. The highest BCUT2D eigenvalue weighted by atomic mass is 79.9. The summed E-state index contributed by atoms with van der Waals surface area (Å²) in [5.41, 5.74) is -1.39. The summed E-state index contributed by atoms with van der Waals surface area (Å²) in [6.07, 6.45) is 5.07. The summed E-state index contributed by atoms with van der Waals surface area (Å²) in [6, 6.07) is 6.95. The Morgan fingerprint density at radius 1 is 1.04 bits per heavy atom. The van der Waals surface area contributed by atoms with Gasteiger partial charge in [-0.2, -0.15) is 0 Å². The number of fused-ring (bicyclic) bond motifs is 2. The minimum absolute atomic E-state index is 0.106. The van der Waals surface area contributed by atoms with Gasteiger partial charge in [0.2, 0.25) is 17.7 Å². The van der Waals surface area contributed by atoms with E-state index < -0.39 is 65.2 Å². The molecule has 4 heterocycles. The number of likely N-dealkylation sites (tertiary alicyclic amines) is 1. The highest BCUT2D eigenvalue weighted by Crippen LogP contribution is 2.59. The predicted octanol–water partition coefficient (Wildman–Crippen LogP) is 4.38. The van der Waals surface area contributed by atoms with Crippen LogP contribution in [0, 0.1) is 17.8 Å². The molecule has 1 N–H and O–H groups in total. The van der Waals surface area contributed by atoms with Gasteiger partial charge in [-0.25, -0.2) is 0 Å². The van der Waals surface area contributed by atoms with Crippen LogP contribution in [0.25, 0.3) is 0 Å². The Kier molecular flexibility index (Phi) is 10.1. The van der Waals surface area contributed by atoms with Gasteiger partial charge in [0.05, 0.1) is 24.6 Å². The second-order valence-electron chi connectivity index (χ2n) is 14.7. The Balaban J connectivity index is 1.67. The lowest BCUT2D eigenvalue weighted by molar-refractivity contribution is -0.164. The quantitative estimate of drug-likeness (QED) is 0.356. The number of nitrogens with zero attached hydrogens (tertiary/aromatic N) is 3. The van der Waals surface area contributed by atoms with E-state index in [1.165, 1.54) is 4.90 Å². The van der Waals surface area contributed by atoms with Gasteiger partial charge in [0.1, 0.15) is 29.8 Å². The fourth-order valence-electron chi connectivity index (χ4n) is 7.66. The normalized spacial score (nSPS) is 33.3. The Labute approximate surface area is 286 Å². The highest BCUT2D eigenvalue weighted by Gasteiger charge is 2.75. The lowest BCUT2D eigenvalue weighted by atomic mass is 9.74. The van der Waals surface area contributed by atoms with E-state index in [9.17, 15) is 24.3 Å². The Morgan fingerprint density at radius 3 is 2.34 bits per heavy atom. The molecule has 1 aromatic rings. The van der Waals surface area contributed by atoms with Crippen molar-refractivity contribution < 1.29 is 33.8 Å². The smallest absolute Gasteiger partial charge is 0.313 e. The van der Waals surface area contributed by atoms with Crippen LogP contribution in [0.2, 0.25) is 0 Å². The molecule has 8 atom stereocenters. The summed E-state index contributed by atoms with van der Waals surface area (Å²) in [6.45, 7) is 11.5. The minimum atomic E-state index is -1.45. The van der Waals surface area contributed by atoms with Gasteiger partial charge in [0.25, 0.3) is 0 Å². The van der Waals surface area contributed by atoms with Crippen LogP contribution in [0.4, 0.5) is 0 Å². The van der Waals surface area contributed by atoms with Crippen LogP contribution in [0.3, 0.4) is 0 Å². The molecule has 3 amide bonds. The Hall–Kier alpha value is -3.02. The van der Waals surface area contributed by atoms with Crippen LogP contribution in [-0.4, -0.2) is 99.1 Å². The molecule has 1 spiro atoms. The van der Waals surface area contributed by atoms with E-state index in [1.54, 1.807) is 22.9 Å². The number of likely N-dealkylation sites (N-methyl/N-ethyl adjacent to an activating group) is 1. The summed E-state index contributed by atoms with van der Waals surface area (Å²) in [4.78, 5) is 62.2. The number of benzene rings is 1. The number of esters is 1. The first-order valence-electron chi connectivity index (χ1n) is 16.6. The van der Waals surface area contributed by atoms with Crippen molar-refractivity contribution in [1.29, 1.82) is 0 Å². The van der Waals surface area contributed by atoms with Gasteiger partial charge in [-0.1, -0.05) is 72.3 Å². The number of hydrogen-bond donors (Lipinski definition) is 1. The van der Waals surface area contributed by atoms with E-state index in [1.807, 2.05) is 84.0 Å². The summed E-state index contributed by atoms with van der Waals surface area (Å²) in [7, 11) is 1.70. The third kappa shape index (κ3) is 6.31. The van der Waals surface area contributed by atoms with Crippen LogP contribution in [0.1, 0.15) is 72.5 Å². The zero-order valence-corrected chi connectivity index (χ0v) is 30.0. The molecule has 0 saturated carbocycles. The number of ether oxygens (including phenoxy) is 2. The molecule has 4 aliphatic rings. The summed E-state index contributed by atoms with van der Waals surface area (Å²) in [5, 5.41) is 10.6. The van der Waals surface area contributed by atoms with Crippen molar-refractivity contribution in [3.63, 3.8) is 0 Å². The van der Waals surface area contributed by atoms with Gasteiger partial charge in [-0.15, -0.1) is 0 Å². The summed E-state index contributed by atoms with van der Waals surface area (Å²) >= 11 is 3.62. The van der Waals surface area contributed by atoms with E-state index in [-0.39, 0.29) is 37.3 Å². The van der Waals surface area contributed by atoms with Crippen molar-refractivity contribution in [2.75, 3.05) is 20.2 Å². The predicted molar refractivity (Wildman–Crippen MR) is 180 cm³/mol. The number of amides is 3. The first-order valence-corrected chi connectivity index (χ1v) is 17.4. The van der Waals surface area contributed by atoms with E-state index in [2.05, 4.69) is 15.9 Å². The van der Waals surface area contributed by atoms with Crippen LogP contribution in [0.15, 0.2) is 53.0 Å². The highest BCUT2D eigenvalue weighted by molar-refractivity contribution is 9.11. The number of rotatable bonds is 5. The average Bonchev–Trinajstić information content (AvgIpc) is 3.61. The number of aliphatic hydroxyl groups is 1. The van der Waals surface area contributed by atoms with Crippen molar-refractivity contribution in [3.05, 3.63) is 58.6 Å². The Morgan fingerprint density at radius 2 is 1.72 bits per heavy atom. The van der Waals surface area contributed by atoms with E-state index in [4.69, 9.17) is 9.47 Å². The lowest BCUT2D eigenvalue weighted by Crippen LogP contribution is -2.61. The molecule has 11 heteroatoms. The standard InChI is InChI=1S/C36H48BrN3O7/c1-21(2)18-24(20-41)40-31-33(44)39(35(4,5)6)17-13-9-12-16-26(42)38(7)22(3)29(23-14-10-8-11-15-23)46-34(45)27-28(32(40)43)36(31)19-25(37)30(27)47-36/h8-11,13-15,19,21-22,24,27-31,41H,12,16-18,20H2,1-7H3/b13-9-/t22-,24+,27+,28-,29+,30+,31+,36-/m0/s1. The number of aliphatic hydroxyl groups excluding tert-OH is 1. The monoisotopic (exact) mass is 713 g/mol.